The molecule has 0 atom stereocenters. The lowest BCUT2D eigenvalue weighted by Gasteiger charge is -2.27. The Balaban J connectivity index is 1.44. The Morgan fingerprint density at radius 1 is 0.551 bits per heavy atom. The van der Waals surface area contributed by atoms with Crippen LogP contribution in [-0.2, 0) is 21.7 Å². The molecule has 1 N–H and O–H groups in total. The molecule has 0 bridgehead atoms. The van der Waals surface area contributed by atoms with Gasteiger partial charge in [0.25, 0.3) is 0 Å². The molecule has 0 aliphatic carbocycles. The molecule has 0 aliphatic heterocycles. The zero-order valence-electron chi connectivity index (χ0n) is 60.5. The number of hydrogen-bond donors (Lipinski definition) is 1. The lowest BCUT2D eigenvalue weighted by molar-refractivity contribution is 0.446. The highest BCUT2D eigenvalue weighted by Crippen LogP contribution is 2.46. The van der Waals surface area contributed by atoms with Gasteiger partial charge in [0.05, 0.1) is 28.0 Å². The monoisotopic (exact) mass is 933 g/mol. The number of aromatic nitrogens is 3. The highest BCUT2D eigenvalue weighted by Gasteiger charge is 2.29. The number of rotatable bonds is 8. The number of fused-ring (bicyclic) bond motifs is 1. The minimum Gasteiger partial charge on any atom is -0.507 e. The van der Waals surface area contributed by atoms with E-state index in [2.05, 4.69) is 0 Å². The van der Waals surface area contributed by atoms with Gasteiger partial charge < -0.3 is 5.11 Å². The molecule has 0 unspecified atom stereocenters. The van der Waals surface area contributed by atoms with Crippen molar-refractivity contribution >= 4 is 11.0 Å². The number of para-hydroxylation sites is 1. The SMILES string of the molecule is [2H]C([2H])([2H])c1cc(-c2cc(C(C)C)cc(C([2H])(C)C)c2)ccc1-n1c(-c2cc(C(C)(C)C)cc(C(C)(C([2H])([2H])[2H])C([2H])([2H])[2H])c2O)nc2c(-c3cc(-c4cc(-c5ccc(C(C([2H])([2H])[2H])(C([2H])([2H])[2H])C([2H])([2H])[2H])cc5)ccn4)cc(C(C)(C)C)c3)cccc21. The second-order valence-electron chi connectivity index (χ2n) is 21.3. The van der Waals surface area contributed by atoms with E-state index < -0.39 is 80.0 Å². The van der Waals surface area contributed by atoms with Crippen molar-refractivity contribution in [2.45, 2.75) is 151 Å². The van der Waals surface area contributed by atoms with Crippen molar-refractivity contribution in [2.75, 3.05) is 0 Å². The first kappa shape index (κ1) is 30.4. The van der Waals surface area contributed by atoms with Crippen molar-refractivity contribution in [3.8, 4) is 67.5 Å². The van der Waals surface area contributed by atoms with Crippen molar-refractivity contribution in [3.63, 3.8) is 0 Å². The van der Waals surface area contributed by atoms with Crippen molar-refractivity contribution < 1.29 is 31.2 Å². The van der Waals surface area contributed by atoms with Gasteiger partial charge in [0.15, 0.2) is 0 Å². The van der Waals surface area contributed by atoms with E-state index in [9.17, 15) is 9.22 Å². The quantitative estimate of drug-likeness (QED) is 0.165. The molecule has 2 aromatic heterocycles. The average molecular weight is 933 g/mol. The van der Waals surface area contributed by atoms with Crippen molar-refractivity contribution in [2.24, 2.45) is 0 Å². The molecule has 0 spiro atoms. The smallest absolute Gasteiger partial charge is 0.149 e. The standard InChI is InChI=1S/C65H75N3O/c1-39(2)45-30-46(40(3)4)32-47(31-45)43-23-26-57(41(5)29-43)68-58-20-18-19-53(59(58)67-61(68)54-37-52(64(12,13)14)38-55(60(54)69)65(15,16)17)48-33-49(35-51(34-48)63(9,10)11)56-36-44(27-28-66-56)42-21-24-50(25-22-42)62(6,7)8/h18-40,69H,1-17H3/i5D3,6D3,7D3,8D3,15D3,16D3,39D. The molecule has 0 aliphatic rings. The third-order valence-corrected chi connectivity index (χ3v) is 13.0. The zero-order valence-corrected chi connectivity index (χ0v) is 41.5. The van der Waals surface area contributed by atoms with Crippen LogP contribution in [0.25, 0.3) is 72.7 Å². The van der Waals surface area contributed by atoms with Gasteiger partial charge in [0.1, 0.15) is 11.6 Å². The van der Waals surface area contributed by atoms with Crippen LogP contribution in [0.2, 0.25) is 0 Å². The van der Waals surface area contributed by atoms with E-state index in [1.807, 2.05) is 97.9 Å². The maximum atomic E-state index is 12.8. The molecule has 0 saturated heterocycles. The average Bonchev–Trinajstić information content (AvgIpc) is 0.884. The number of phenolic OH excluding ortho intramolecular Hbond substituents is 1. The van der Waals surface area contributed by atoms with Crippen LogP contribution >= 0.6 is 0 Å². The molecule has 0 radical (unpaired) electrons. The number of hydrogen-bond acceptors (Lipinski definition) is 3. The summed E-state index contributed by atoms with van der Waals surface area (Å²) in [4.78, 5) is 10.1. The maximum absolute atomic E-state index is 12.8. The van der Waals surface area contributed by atoms with Gasteiger partial charge in [-0.25, -0.2) is 4.98 Å². The first-order chi connectivity index (χ1) is 39.9. The fourth-order valence-electron chi connectivity index (χ4n) is 8.77. The number of phenols is 1. The second kappa shape index (κ2) is 17.9. The Morgan fingerprint density at radius 2 is 1.20 bits per heavy atom. The van der Waals surface area contributed by atoms with Crippen LogP contribution in [-0.4, -0.2) is 19.6 Å². The Hall–Kier alpha value is -6.26. The topological polar surface area (TPSA) is 50.9 Å². The molecule has 356 valence electrons. The summed E-state index contributed by atoms with van der Waals surface area (Å²) in [5.41, 5.74) is 0.435. The van der Waals surface area contributed by atoms with E-state index in [1.54, 1.807) is 73.1 Å². The largest absolute Gasteiger partial charge is 0.507 e. The van der Waals surface area contributed by atoms with Gasteiger partial charge >= 0.3 is 0 Å². The summed E-state index contributed by atoms with van der Waals surface area (Å²) in [5, 5.41) is 12.8. The molecular formula is C65H75N3O. The van der Waals surface area contributed by atoms with Crippen LogP contribution in [0.5, 0.6) is 5.75 Å². The van der Waals surface area contributed by atoms with Gasteiger partial charge in [-0.15, -0.1) is 0 Å². The summed E-state index contributed by atoms with van der Waals surface area (Å²) in [6.45, 7) is 0.935. The number of imidazole rings is 1. The molecule has 2 heterocycles. The van der Waals surface area contributed by atoms with E-state index in [4.69, 9.17) is 31.9 Å². The van der Waals surface area contributed by atoms with E-state index in [0.717, 1.165) is 23.6 Å². The van der Waals surface area contributed by atoms with Crippen molar-refractivity contribution in [1.82, 2.24) is 14.5 Å². The Bertz CT molecular complexity index is 3900. The summed E-state index contributed by atoms with van der Waals surface area (Å²) in [6, 6.07) is 34.1. The van der Waals surface area contributed by atoms with Crippen LogP contribution in [0.4, 0.5) is 0 Å². The number of aromatic hydroxyl groups is 1. The first-order valence-electron chi connectivity index (χ1n) is 32.9. The zero-order chi connectivity index (χ0) is 66.0. The van der Waals surface area contributed by atoms with Gasteiger partial charge in [-0.3, -0.25) is 9.55 Å². The predicted octanol–water partition coefficient (Wildman–Crippen LogP) is 18.2. The van der Waals surface area contributed by atoms with E-state index in [0.29, 0.717) is 61.2 Å². The number of aryl methyl sites for hydroxylation is 1. The van der Waals surface area contributed by atoms with E-state index >= 15 is 0 Å². The summed E-state index contributed by atoms with van der Waals surface area (Å²) in [7, 11) is 0. The van der Waals surface area contributed by atoms with Crippen LogP contribution in [0.1, 0.15) is 187 Å². The third kappa shape index (κ3) is 9.96. The summed E-state index contributed by atoms with van der Waals surface area (Å²) in [6.07, 6.45) is 1.58. The summed E-state index contributed by atoms with van der Waals surface area (Å²) >= 11 is 0. The predicted molar refractivity (Wildman–Crippen MR) is 295 cm³/mol. The molecule has 0 fully saturated rings. The van der Waals surface area contributed by atoms with Crippen LogP contribution in [0, 0.1) is 6.85 Å². The minimum atomic E-state index is -3.44. The third-order valence-electron chi connectivity index (χ3n) is 13.0. The van der Waals surface area contributed by atoms with Crippen LogP contribution in [0.3, 0.4) is 0 Å². The van der Waals surface area contributed by atoms with Crippen molar-refractivity contribution in [3.05, 3.63) is 166 Å². The van der Waals surface area contributed by atoms with Crippen LogP contribution in [0.15, 0.2) is 128 Å². The second-order valence-corrected chi connectivity index (χ2v) is 21.3. The van der Waals surface area contributed by atoms with E-state index in [-0.39, 0.29) is 34.1 Å². The minimum absolute atomic E-state index is 0.0227. The molecule has 6 aromatic carbocycles. The van der Waals surface area contributed by atoms with Gasteiger partial charge in [-0.2, -0.15) is 0 Å². The molecule has 0 saturated carbocycles. The summed E-state index contributed by atoms with van der Waals surface area (Å²) < 4.78 is 165. The number of nitrogens with zero attached hydrogens (tertiary/aromatic N) is 3. The lowest BCUT2D eigenvalue weighted by atomic mass is 9.79. The molecule has 69 heavy (non-hydrogen) atoms. The number of benzene rings is 6. The number of pyridine rings is 1. The lowest BCUT2D eigenvalue weighted by Crippen LogP contribution is -2.17. The Labute approximate surface area is 440 Å². The molecule has 8 aromatic rings. The molecular weight excluding hydrogens is 839 g/mol. The van der Waals surface area contributed by atoms with Gasteiger partial charge in [-0.05, 0) is 150 Å². The molecule has 8 rings (SSSR count). The molecule has 0 amide bonds. The first-order valence-corrected chi connectivity index (χ1v) is 23.4. The fraction of sp³-hybridized carbons (Fsp3) is 0.354. The molecule has 4 heteroatoms. The molecule has 4 nitrogen and oxygen atoms in total. The van der Waals surface area contributed by atoms with E-state index in [1.165, 1.54) is 30.3 Å². The Kier molecular flexibility index (Phi) is 7.89. The van der Waals surface area contributed by atoms with Gasteiger partial charge in [0.2, 0.25) is 0 Å². The normalized spacial score (nSPS) is 18.1. The van der Waals surface area contributed by atoms with Gasteiger partial charge in [0, 0.05) is 48.9 Å². The fourth-order valence-corrected chi connectivity index (χ4v) is 8.77. The van der Waals surface area contributed by atoms with Crippen LogP contribution < -0.4 is 0 Å². The highest BCUT2D eigenvalue weighted by molar-refractivity contribution is 5.97. The highest BCUT2D eigenvalue weighted by atomic mass is 16.3. The summed E-state index contributed by atoms with van der Waals surface area (Å²) in [5.74, 6) is -1.62. The van der Waals surface area contributed by atoms with Gasteiger partial charge in [-0.1, -0.05) is 183 Å². The van der Waals surface area contributed by atoms with Crippen molar-refractivity contribution in [1.29, 1.82) is 0 Å². The maximum Gasteiger partial charge on any atom is 0.149 e. The Morgan fingerprint density at radius 3 is 1.86 bits per heavy atom.